The molecule has 1 fully saturated rings. The van der Waals surface area contributed by atoms with Crippen LogP contribution in [0.25, 0.3) is 0 Å². The van der Waals surface area contributed by atoms with E-state index in [2.05, 4.69) is 15.8 Å². The lowest BCUT2D eigenvalue weighted by Gasteiger charge is -2.26. The zero-order valence-corrected chi connectivity index (χ0v) is 21.5. The predicted octanol–water partition coefficient (Wildman–Crippen LogP) is 3.14. The highest BCUT2D eigenvalue weighted by molar-refractivity contribution is 6.33. The van der Waals surface area contributed by atoms with Gasteiger partial charge in [-0.15, -0.1) is 0 Å². The highest BCUT2D eigenvalue weighted by atomic mass is 35.5. The lowest BCUT2D eigenvalue weighted by molar-refractivity contribution is -0.137. The number of rotatable bonds is 9. The Hall–Kier alpha value is -3.14. The summed E-state index contributed by atoms with van der Waals surface area (Å²) in [5.41, 5.74) is 3.19. The Bertz CT molecular complexity index is 1120. The number of nitrogens with one attached hydrogen (secondary N) is 2. The summed E-state index contributed by atoms with van der Waals surface area (Å²) in [6.07, 6.45) is 1.37. The maximum atomic E-state index is 12.8. The highest BCUT2D eigenvalue weighted by Gasteiger charge is 2.25. The Morgan fingerprint density at radius 2 is 1.86 bits per heavy atom. The molecule has 11 heteroatoms. The zero-order chi connectivity index (χ0) is 26.1. The first-order valence-corrected chi connectivity index (χ1v) is 12.2. The molecular weight excluding hydrogens is 507 g/mol. The van der Waals surface area contributed by atoms with Crippen molar-refractivity contribution in [2.45, 2.75) is 19.9 Å². The topological polar surface area (TPSA) is 109 Å². The Morgan fingerprint density at radius 1 is 1.14 bits per heavy atom. The Kier molecular flexibility index (Phi) is 10.1. The smallest absolute Gasteiger partial charge is 0.262 e. The number of morpholine rings is 1. The molecule has 0 bridgehead atoms. The van der Waals surface area contributed by atoms with Crippen LogP contribution in [-0.4, -0.2) is 67.8 Å². The second-order valence-corrected chi connectivity index (χ2v) is 9.22. The number of carbonyl (C=O) groups excluding carboxylic acids is 3. The van der Waals surface area contributed by atoms with E-state index in [1.165, 1.54) is 6.21 Å². The Morgan fingerprint density at radius 3 is 2.56 bits per heavy atom. The van der Waals surface area contributed by atoms with E-state index in [0.29, 0.717) is 42.6 Å². The molecule has 1 atom stereocenters. The van der Waals surface area contributed by atoms with E-state index in [0.717, 1.165) is 0 Å². The van der Waals surface area contributed by atoms with E-state index in [1.807, 2.05) is 0 Å². The van der Waals surface area contributed by atoms with Gasteiger partial charge in [-0.25, -0.2) is 5.43 Å². The molecule has 0 saturated carbocycles. The van der Waals surface area contributed by atoms with Crippen molar-refractivity contribution in [2.75, 3.05) is 32.9 Å². The average Bonchev–Trinajstić information content (AvgIpc) is 2.87. The lowest BCUT2D eigenvalue weighted by Crippen LogP contribution is -2.48. The minimum Gasteiger partial charge on any atom is -0.483 e. The van der Waals surface area contributed by atoms with Crippen molar-refractivity contribution in [3.05, 3.63) is 63.6 Å². The molecule has 1 saturated heterocycles. The van der Waals surface area contributed by atoms with Gasteiger partial charge in [0.05, 0.1) is 30.0 Å². The summed E-state index contributed by atoms with van der Waals surface area (Å²) in [6, 6.07) is 10.6. The third-order valence-corrected chi connectivity index (χ3v) is 5.98. The fraction of sp³-hybridized carbons (Fsp3) is 0.360. The molecular formula is C25H28Cl2N4O5. The van der Waals surface area contributed by atoms with Gasteiger partial charge in [-0.2, -0.15) is 5.10 Å². The molecule has 0 aliphatic carbocycles. The van der Waals surface area contributed by atoms with Gasteiger partial charge < -0.3 is 19.7 Å². The first-order chi connectivity index (χ1) is 17.3. The third-order valence-electron chi connectivity index (χ3n) is 5.42. The van der Waals surface area contributed by atoms with Crippen LogP contribution in [-0.2, 0) is 14.3 Å². The summed E-state index contributed by atoms with van der Waals surface area (Å²) in [5.74, 6) is -0.963. The fourth-order valence-corrected chi connectivity index (χ4v) is 3.83. The monoisotopic (exact) mass is 534 g/mol. The highest BCUT2D eigenvalue weighted by Crippen LogP contribution is 2.22. The third kappa shape index (κ3) is 7.68. The summed E-state index contributed by atoms with van der Waals surface area (Å²) in [4.78, 5) is 39.5. The van der Waals surface area contributed by atoms with Crippen molar-refractivity contribution in [3.8, 4) is 5.75 Å². The van der Waals surface area contributed by atoms with Gasteiger partial charge in [0.1, 0.15) is 11.8 Å². The first kappa shape index (κ1) is 27.4. The summed E-state index contributed by atoms with van der Waals surface area (Å²) in [5, 5.41) is 7.43. The molecule has 2 aromatic rings. The van der Waals surface area contributed by atoms with E-state index in [1.54, 1.807) is 61.2 Å². The summed E-state index contributed by atoms with van der Waals surface area (Å²) in [7, 11) is 0. The number of hydrogen-bond donors (Lipinski definition) is 2. The molecule has 3 amide bonds. The molecule has 1 aliphatic heterocycles. The van der Waals surface area contributed by atoms with Crippen LogP contribution in [0, 0.1) is 5.92 Å². The molecule has 0 radical (unpaired) electrons. The van der Waals surface area contributed by atoms with Gasteiger partial charge in [0.25, 0.3) is 17.7 Å². The molecule has 1 heterocycles. The molecule has 1 unspecified atom stereocenters. The van der Waals surface area contributed by atoms with Crippen LogP contribution in [0.3, 0.4) is 0 Å². The lowest BCUT2D eigenvalue weighted by atomic mass is 10.0. The Balaban J connectivity index is 1.63. The van der Waals surface area contributed by atoms with Crippen LogP contribution in [0.15, 0.2) is 47.6 Å². The minimum absolute atomic E-state index is 0.154. The first-order valence-electron chi connectivity index (χ1n) is 11.4. The molecule has 0 aromatic heterocycles. The van der Waals surface area contributed by atoms with Crippen LogP contribution in [0.2, 0.25) is 10.0 Å². The van der Waals surface area contributed by atoms with Gasteiger partial charge in [-0.3, -0.25) is 14.4 Å². The molecule has 192 valence electrons. The molecule has 9 nitrogen and oxygen atoms in total. The molecule has 36 heavy (non-hydrogen) atoms. The van der Waals surface area contributed by atoms with Gasteiger partial charge in [0.2, 0.25) is 0 Å². The largest absolute Gasteiger partial charge is 0.483 e. The van der Waals surface area contributed by atoms with Crippen LogP contribution >= 0.6 is 23.2 Å². The van der Waals surface area contributed by atoms with Gasteiger partial charge in [0.15, 0.2) is 6.61 Å². The summed E-state index contributed by atoms with van der Waals surface area (Å²) >= 11 is 12.2. The van der Waals surface area contributed by atoms with Gasteiger partial charge >= 0.3 is 0 Å². The minimum atomic E-state index is -0.854. The van der Waals surface area contributed by atoms with E-state index in [4.69, 9.17) is 32.7 Å². The van der Waals surface area contributed by atoms with E-state index >= 15 is 0 Å². The van der Waals surface area contributed by atoms with Gasteiger partial charge in [-0.1, -0.05) is 49.2 Å². The van der Waals surface area contributed by atoms with E-state index in [9.17, 15) is 14.4 Å². The van der Waals surface area contributed by atoms with Crippen molar-refractivity contribution in [2.24, 2.45) is 11.0 Å². The number of nitrogens with zero attached hydrogens (tertiary/aromatic N) is 2. The van der Waals surface area contributed by atoms with Gasteiger partial charge in [0, 0.05) is 23.7 Å². The normalized spacial score (nSPS) is 14.5. The van der Waals surface area contributed by atoms with E-state index in [-0.39, 0.29) is 29.0 Å². The van der Waals surface area contributed by atoms with E-state index < -0.39 is 17.9 Å². The van der Waals surface area contributed by atoms with Crippen LogP contribution in [0.4, 0.5) is 0 Å². The number of amides is 3. The predicted molar refractivity (Wildman–Crippen MR) is 138 cm³/mol. The van der Waals surface area contributed by atoms with Crippen molar-refractivity contribution < 1.29 is 23.9 Å². The van der Waals surface area contributed by atoms with Crippen molar-refractivity contribution in [3.63, 3.8) is 0 Å². The number of halogens is 2. The molecule has 0 spiro atoms. The second-order valence-electron chi connectivity index (χ2n) is 8.37. The maximum Gasteiger partial charge on any atom is 0.262 e. The summed E-state index contributed by atoms with van der Waals surface area (Å²) < 4.78 is 11.0. The fourth-order valence-electron chi connectivity index (χ4n) is 3.43. The second kappa shape index (κ2) is 13.2. The number of benzene rings is 2. The van der Waals surface area contributed by atoms with Crippen LogP contribution in [0.1, 0.15) is 29.8 Å². The van der Waals surface area contributed by atoms with Crippen LogP contribution in [0.5, 0.6) is 5.75 Å². The summed E-state index contributed by atoms with van der Waals surface area (Å²) in [6.45, 7) is 5.49. The Labute approximate surface area is 219 Å². The average molecular weight is 535 g/mol. The number of hydrogen-bond acceptors (Lipinski definition) is 6. The molecule has 3 rings (SSSR count). The quantitative estimate of drug-likeness (QED) is 0.379. The molecule has 2 N–H and O–H groups in total. The maximum absolute atomic E-state index is 12.8. The van der Waals surface area contributed by atoms with Crippen molar-refractivity contribution >= 4 is 47.1 Å². The van der Waals surface area contributed by atoms with Crippen molar-refractivity contribution in [1.29, 1.82) is 0 Å². The molecule has 1 aliphatic rings. The molecule has 2 aromatic carbocycles. The SMILES string of the molecule is CC(C)C(NC(=O)c1ccccc1Cl)C(=O)N/N=C/c1cc(Cl)ccc1OCC(=O)N1CCOCC1. The standard InChI is InChI=1S/C25H28Cl2N4O5/c1-16(2)23(29-24(33)19-5-3-4-6-20(19)27)25(34)30-28-14-17-13-18(26)7-8-21(17)36-15-22(32)31-9-11-35-12-10-31/h3-8,13-14,16,23H,9-12,15H2,1-2H3,(H,29,33)(H,30,34)/b28-14+. The zero-order valence-electron chi connectivity index (χ0n) is 20.0. The van der Waals surface area contributed by atoms with Crippen molar-refractivity contribution in [1.82, 2.24) is 15.6 Å². The number of ether oxygens (including phenoxy) is 2. The van der Waals surface area contributed by atoms with Gasteiger partial charge in [-0.05, 0) is 36.2 Å². The number of carbonyl (C=O) groups is 3. The number of hydrazone groups is 1. The van der Waals surface area contributed by atoms with Crippen LogP contribution < -0.4 is 15.5 Å².